The van der Waals surface area contributed by atoms with Gasteiger partial charge in [0, 0.05) is 31.7 Å². The Balaban J connectivity index is 1.40. The van der Waals surface area contributed by atoms with Crippen molar-refractivity contribution < 1.29 is 19.1 Å². The lowest BCUT2D eigenvalue weighted by atomic mass is 9.86. The molecule has 182 valence electrons. The highest BCUT2D eigenvalue weighted by molar-refractivity contribution is 5.86. The van der Waals surface area contributed by atoms with E-state index in [0.717, 1.165) is 28.9 Å². The largest absolute Gasteiger partial charge is 0.444 e. The van der Waals surface area contributed by atoms with Crippen LogP contribution in [0.25, 0.3) is 16.7 Å². The number of carbonyl (C=O) groups is 2. The Bertz CT molecular complexity index is 1210. The summed E-state index contributed by atoms with van der Waals surface area (Å²) in [5, 5.41) is 0. The zero-order valence-corrected chi connectivity index (χ0v) is 20.2. The second kappa shape index (κ2) is 8.57. The van der Waals surface area contributed by atoms with E-state index in [1.807, 2.05) is 50.3 Å². The van der Waals surface area contributed by atoms with E-state index in [9.17, 15) is 9.59 Å². The molecule has 3 aromatic heterocycles. The standard InChI is InChI=1S/C24H32N6O4/c1-15-6-8-28(22(31)19-14-33-10-9-29(19)23(32)34-24(2,3)4)13-17(15)21-27-12-16-11-26-20-18(30(16)21)5-7-25-20/h5,7,11-12,15,17,19,25H,6,8-10,13-14H2,1-4H3/t15-,17+,19?/m1/s1. The van der Waals surface area contributed by atoms with E-state index in [4.69, 9.17) is 14.5 Å². The maximum atomic E-state index is 13.6. The quantitative estimate of drug-likeness (QED) is 0.620. The predicted molar refractivity (Wildman–Crippen MR) is 125 cm³/mol. The van der Waals surface area contributed by atoms with Crippen molar-refractivity contribution in [2.75, 3.05) is 32.8 Å². The van der Waals surface area contributed by atoms with Crippen molar-refractivity contribution >= 4 is 28.7 Å². The first-order valence-electron chi connectivity index (χ1n) is 11.9. The number of likely N-dealkylation sites (tertiary alicyclic amines) is 1. The Labute approximate surface area is 198 Å². The van der Waals surface area contributed by atoms with E-state index in [0.29, 0.717) is 32.2 Å². The van der Waals surface area contributed by atoms with Gasteiger partial charge in [-0.2, -0.15) is 0 Å². The molecule has 10 nitrogen and oxygen atoms in total. The number of H-pyrrole nitrogens is 1. The summed E-state index contributed by atoms with van der Waals surface area (Å²) in [6, 6.07) is 1.31. The van der Waals surface area contributed by atoms with Gasteiger partial charge in [-0.3, -0.25) is 14.1 Å². The van der Waals surface area contributed by atoms with Crippen LogP contribution in [0.4, 0.5) is 4.79 Å². The van der Waals surface area contributed by atoms with Crippen LogP contribution in [0, 0.1) is 5.92 Å². The van der Waals surface area contributed by atoms with Crippen LogP contribution < -0.4 is 0 Å². The van der Waals surface area contributed by atoms with Gasteiger partial charge in [0.1, 0.15) is 17.5 Å². The molecule has 2 saturated heterocycles. The lowest BCUT2D eigenvalue weighted by molar-refractivity contribution is -0.144. The topological polar surface area (TPSA) is 105 Å². The smallest absolute Gasteiger partial charge is 0.411 e. The van der Waals surface area contributed by atoms with Crippen LogP contribution in [0.5, 0.6) is 0 Å². The summed E-state index contributed by atoms with van der Waals surface area (Å²) >= 11 is 0. The van der Waals surface area contributed by atoms with E-state index in [1.54, 1.807) is 0 Å². The number of amides is 2. The van der Waals surface area contributed by atoms with Gasteiger partial charge >= 0.3 is 6.09 Å². The zero-order valence-electron chi connectivity index (χ0n) is 20.2. The Hall–Kier alpha value is -3.14. The minimum absolute atomic E-state index is 0.0557. The van der Waals surface area contributed by atoms with Gasteiger partial charge in [-0.1, -0.05) is 6.92 Å². The SMILES string of the molecule is C[C@@H]1CCN(C(=O)C2COCCN2C(=O)OC(C)(C)C)C[C@@H]1c1ncc2cnc3[nH]ccc3n12. The van der Waals surface area contributed by atoms with Gasteiger partial charge in [0.25, 0.3) is 0 Å². The number of rotatable bonds is 2. The van der Waals surface area contributed by atoms with E-state index >= 15 is 0 Å². The summed E-state index contributed by atoms with van der Waals surface area (Å²) in [4.78, 5) is 42.2. The third kappa shape index (κ3) is 4.11. The molecule has 10 heteroatoms. The van der Waals surface area contributed by atoms with Crippen LogP contribution in [0.2, 0.25) is 0 Å². The fourth-order valence-corrected chi connectivity index (χ4v) is 4.93. The highest BCUT2D eigenvalue weighted by Gasteiger charge is 2.40. The summed E-state index contributed by atoms with van der Waals surface area (Å²) in [6.45, 7) is 9.76. The van der Waals surface area contributed by atoms with Crippen LogP contribution in [0.1, 0.15) is 45.9 Å². The Morgan fingerprint density at radius 3 is 2.79 bits per heavy atom. The molecule has 1 N–H and O–H groups in total. The van der Waals surface area contributed by atoms with Crippen molar-refractivity contribution in [3.63, 3.8) is 0 Å². The molecule has 5 heterocycles. The number of carbonyl (C=O) groups excluding carboxylic acids is 2. The minimum atomic E-state index is -0.685. The molecule has 3 atom stereocenters. The monoisotopic (exact) mass is 468 g/mol. The molecule has 0 spiro atoms. The van der Waals surface area contributed by atoms with Gasteiger partial charge < -0.3 is 19.4 Å². The minimum Gasteiger partial charge on any atom is -0.444 e. The highest BCUT2D eigenvalue weighted by atomic mass is 16.6. The third-order valence-electron chi connectivity index (χ3n) is 6.73. The summed E-state index contributed by atoms with van der Waals surface area (Å²) in [5.74, 6) is 1.23. The Morgan fingerprint density at radius 1 is 1.21 bits per heavy atom. The van der Waals surface area contributed by atoms with Gasteiger partial charge in [-0.25, -0.2) is 14.8 Å². The Kier molecular flexibility index (Phi) is 5.71. The second-order valence-corrected chi connectivity index (χ2v) is 10.3. The van der Waals surface area contributed by atoms with Crippen molar-refractivity contribution in [1.29, 1.82) is 0 Å². The van der Waals surface area contributed by atoms with Gasteiger partial charge in [0.15, 0.2) is 5.65 Å². The number of imidazole rings is 1. The van der Waals surface area contributed by atoms with Crippen molar-refractivity contribution in [1.82, 2.24) is 29.2 Å². The first-order valence-corrected chi connectivity index (χ1v) is 11.9. The van der Waals surface area contributed by atoms with Crippen LogP contribution in [0.3, 0.4) is 0 Å². The number of hydrogen-bond donors (Lipinski definition) is 1. The normalized spacial score (nSPS) is 24.1. The number of piperidine rings is 1. The molecule has 2 fully saturated rings. The molecule has 2 aliphatic rings. The van der Waals surface area contributed by atoms with Crippen molar-refractivity contribution in [2.24, 2.45) is 5.92 Å². The van der Waals surface area contributed by atoms with Crippen molar-refractivity contribution in [3.05, 3.63) is 30.5 Å². The Morgan fingerprint density at radius 2 is 2.00 bits per heavy atom. The van der Waals surface area contributed by atoms with Crippen molar-refractivity contribution in [2.45, 2.75) is 51.7 Å². The number of morpholine rings is 1. The molecule has 2 aliphatic heterocycles. The van der Waals surface area contributed by atoms with Gasteiger partial charge in [0.2, 0.25) is 5.91 Å². The summed E-state index contributed by atoms with van der Waals surface area (Å²) in [5.41, 5.74) is 2.07. The number of nitrogens with zero attached hydrogens (tertiary/aromatic N) is 5. The number of aromatic amines is 1. The third-order valence-corrected chi connectivity index (χ3v) is 6.73. The maximum absolute atomic E-state index is 13.6. The van der Waals surface area contributed by atoms with Gasteiger partial charge in [-0.15, -0.1) is 0 Å². The molecule has 0 radical (unpaired) electrons. The zero-order chi connectivity index (χ0) is 24.0. The molecule has 5 rings (SSSR count). The van der Waals surface area contributed by atoms with Gasteiger partial charge in [-0.05, 0) is 39.2 Å². The van der Waals surface area contributed by atoms with E-state index < -0.39 is 17.7 Å². The second-order valence-electron chi connectivity index (χ2n) is 10.3. The number of ether oxygens (including phenoxy) is 2. The first-order chi connectivity index (χ1) is 16.2. The molecule has 1 unspecified atom stereocenters. The number of nitrogens with one attached hydrogen (secondary N) is 1. The molecule has 0 aliphatic carbocycles. The molecule has 0 saturated carbocycles. The van der Waals surface area contributed by atoms with Crippen molar-refractivity contribution in [3.8, 4) is 0 Å². The predicted octanol–water partition coefficient (Wildman–Crippen LogP) is 2.80. The molecule has 2 amide bonds. The average molecular weight is 469 g/mol. The fourth-order valence-electron chi connectivity index (χ4n) is 4.93. The molecule has 0 aromatic carbocycles. The number of aromatic nitrogens is 4. The van der Waals surface area contributed by atoms with Crippen LogP contribution in [0.15, 0.2) is 24.7 Å². The van der Waals surface area contributed by atoms with Crippen LogP contribution in [-0.4, -0.2) is 85.6 Å². The molecule has 34 heavy (non-hydrogen) atoms. The lowest BCUT2D eigenvalue weighted by Crippen LogP contribution is -2.59. The van der Waals surface area contributed by atoms with E-state index in [1.165, 1.54) is 4.90 Å². The van der Waals surface area contributed by atoms with Crippen LogP contribution >= 0.6 is 0 Å². The molecule has 0 bridgehead atoms. The number of hydrogen-bond acceptors (Lipinski definition) is 6. The van der Waals surface area contributed by atoms with Crippen LogP contribution in [-0.2, 0) is 14.3 Å². The summed E-state index contributed by atoms with van der Waals surface area (Å²) in [7, 11) is 0. The average Bonchev–Trinajstić information content (AvgIpc) is 3.44. The lowest BCUT2D eigenvalue weighted by Gasteiger charge is -2.41. The van der Waals surface area contributed by atoms with E-state index in [-0.39, 0.29) is 18.4 Å². The summed E-state index contributed by atoms with van der Waals surface area (Å²) < 4.78 is 13.3. The highest BCUT2D eigenvalue weighted by Crippen LogP contribution is 2.33. The van der Waals surface area contributed by atoms with Gasteiger partial charge in [0.05, 0.1) is 36.6 Å². The number of fused-ring (bicyclic) bond motifs is 3. The molecule has 3 aromatic rings. The molecular formula is C24H32N6O4. The fraction of sp³-hybridized carbons (Fsp3) is 0.583. The molecular weight excluding hydrogens is 436 g/mol. The maximum Gasteiger partial charge on any atom is 0.411 e. The summed E-state index contributed by atoms with van der Waals surface area (Å²) in [6.07, 6.45) is 5.89. The van der Waals surface area contributed by atoms with E-state index in [2.05, 4.69) is 21.3 Å². The first kappa shape index (κ1) is 22.6.